The predicted octanol–water partition coefficient (Wildman–Crippen LogP) is 5.02. The number of carbonyl (C=O) groups excluding carboxylic acids is 1. The Balaban J connectivity index is 1.63. The number of para-hydroxylation sites is 2. The fraction of sp³-hybridized carbons (Fsp3) is 0.567. The van der Waals surface area contributed by atoms with Gasteiger partial charge in [-0.2, -0.15) is 0 Å². The number of benzene rings is 2. The van der Waals surface area contributed by atoms with E-state index in [1.54, 1.807) is 25.3 Å². The van der Waals surface area contributed by atoms with Gasteiger partial charge in [0.15, 0.2) is 11.6 Å². The number of carbonyl (C=O) groups is 1. The van der Waals surface area contributed by atoms with E-state index in [9.17, 15) is 9.90 Å². The Hall–Kier alpha value is -2.48. The summed E-state index contributed by atoms with van der Waals surface area (Å²) in [6.45, 7) is 4.52. The lowest BCUT2D eigenvalue weighted by atomic mass is 9.73. The molecular formula is C30H41FN2O4. The molecule has 1 amide bonds. The van der Waals surface area contributed by atoms with Gasteiger partial charge in [0.2, 0.25) is 5.91 Å². The quantitative estimate of drug-likeness (QED) is 0.391. The molecule has 0 spiro atoms. The van der Waals surface area contributed by atoms with Crippen LogP contribution in [0.2, 0.25) is 0 Å². The van der Waals surface area contributed by atoms with Crippen LogP contribution in [0.25, 0.3) is 0 Å². The zero-order valence-electron chi connectivity index (χ0n) is 22.3. The highest BCUT2D eigenvalue weighted by molar-refractivity contribution is 5.81. The van der Waals surface area contributed by atoms with E-state index in [0.717, 1.165) is 37.8 Å². The number of methoxy groups -OCH3 is 1. The number of ether oxygens (including phenoxy) is 2. The van der Waals surface area contributed by atoms with E-state index in [-0.39, 0.29) is 23.5 Å². The maximum Gasteiger partial charge on any atom is 0.226 e. The molecule has 4 atom stereocenters. The van der Waals surface area contributed by atoms with E-state index >= 15 is 4.39 Å². The highest BCUT2D eigenvalue weighted by Gasteiger charge is 2.48. The number of aliphatic hydroxyl groups is 1. The highest BCUT2D eigenvalue weighted by Crippen LogP contribution is 2.46. The maximum absolute atomic E-state index is 15.3. The minimum atomic E-state index is -1.35. The van der Waals surface area contributed by atoms with Crippen molar-refractivity contribution in [3.63, 3.8) is 0 Å². The summed E-state index contributed by atoms with van der Waals surface area (Å²) in [5.41, 5.74) is -0.0110. The Bertz CT molecular complexity index is 1060. The van der Waals surface area contributed by atoms with Crippen molar-refractivity contribution < 1.29 is 23.8 Å². The maximum atomic E-state index is 15.3. The van der Waals surface area contributed by atoms with Gasteiger partial charge in [-0.1, -0.05) is 30.3 Å². The number of nitrogens with zero attached hydrogens (tertiary/aromatic N) is 1. The molecule has 37 heavy (non-hydrogen) atoms. The normalized spacial score (nSPS) is 22.9. The summed E-state index contributed by atoms with van der Waals surface area (Å²) in [5.74, 6) is 0.523. The largest absolute Gasteiger partial charge is 0.454 e. The lowest BCUT2D eigenvalue weighted by molar-refractivity contribution is -0.138. The Morgan fingerprint density at radius 3 is 2.78 bits per heavy atom. The van der Waals surface area contributed by atoms with E-state index < -0.39 is 11.4 Å². The second-order valence-electron chi connectivity index (χ2n) is 10.6. The molecule has 1 aliphatic heterocycles. The van der Waals surface area contributed by atoms with Crippen molar-refractivity contribution in [2.75, 3.05) is 40.4 Å². The molecule has 2 N–H and O–H groups in total. The summed E-state index contributed by atoms with van der Waals surface area (Å²) in [4.78, 5) is 15.2. The minimum Gasteiger partial charge on any atom is -0.454 e. The van der Waals surface area contributed by atoms with E-state index in [1.807, 2.05) is 37.1 Å². The van der Waals surface area contributed by atoms with Gasteiger partial charge in [-0.25, -0.2) is 4.39 Å². The molecule has 2 fully saturated rings. The molecule has 1 saturated heterocycles. The second kappa shape index (κ2) is 12.4. The summed E-state index contributed by atoms with van der Waals surface area (Å²) in [5, 5.41) is 15.6. The number of nitrogens with one attached hydrogen (secondary N) is 1. The molecule has 1 aliphatic carbocycles. The molecule has 6 nitrogen and oxygen atoms in total. The van der Waals surface area contributed by atoms with Gasteiger partial charge in [-0.15, -0.1) is 0 Å². The number of hydrogen-bond acceptors (Lipinski definition) is 5. The first-order valence-electron chi connectivity index (χ1n) is 13.6. The van der Waals surface area contributed by atoms with E-state index in [1.165, 1.54) is 6.07 Å². The monoisotopic (exact) mass is 512 g/mol. The van der Waals surface area contributed by atoms with Gasteiger partial charge in [0.1, 0.15) is 5.75 Å². The Labute approximate surface area is 220 Å². The van der Waals surface area contributed by atoms with Crippen LogP contribution in [0, 0.1) is 30.5 Å². The summed E-state index contributed by atoms with van der Waals surface area (Å²) in [7, 11) is 3.58. The van der Waals surface area contributed by atoms with Crippen molar-refractivity contribution >= 4 is 5.91 Å². The fourth-order valence-corrected chi connectivity index (χ4v) is 5.77. The third-order valence-electron chi connectivity index (χ3n) is 8.01. The van der Waals surface area contributed by atoms with Crippen LogP contribution in [-0.2, 0) is 15.1 Å². The van der Waals surface area contributed by atoms with Crippen molar-refractivity contribution in [2.45, 2.75) is 51.0 Å². The third-order valence-corrected chi connectivity index (χ3v) is 8.01. The van der Waals surface area contributed by atoms with Crippen LogP contribution in [-0.4, -0.2) is 56.3 Å². The van der Waals surface area contributed by atoms with Gasteiger partial charge in [-0.3, -0.25) is 4.79 Å². The van der Waals surface area contributed by atoms with Gasteiger partial charge in [0.25, 0.3) is 0 Å². The molecule has 0 bridgehead atoms. The van der Waals surface area contributed by atoms with E-state index in [2.05, 4.69) is 5.32 Å². The molecule has 1 heterocycles. The third kappa shape index (κ3) is 6.33. The predicted molar refractivity (Wildman–Crippen MR) is 142 cm³/mol. The molecule has 0 unspecified atom stereocenters. The molecule has 0 aromatic heterocycles. The Morgan fingerprint density at radius 2 is 2.03 bits per heavy atom. The molecular weight excluding hydrogens is 471 g/mol. The first kappa shape index (κ1) is 27.6. The molecule has 7 heteroatoms. The van der Waals surface area contributed by atoms with Crippen LogP contribution in [0.5, 0.6) is 11.5 Å². The van der Waals surface area contributed by atoms with Crippen LogP contribution in [0.1, 0.15) is 49.7 Å². The average molecular weight is 513 g/mol. The summed E-state index contributed by atoms with van der Waals surface area (Å²) in [6.07, 6.45) is 4.41. The molecule has 202 valence electrons. The van der Waals surface area contributed by atoms with E-state index in [4.69, 9.17) is 9.47 Å². The molecule has 1 saturated carbocycles. The molecule has 2 aromatic carbocycles. The topological polar surface area (TPSA) is 71.0 Å². The van der Waals surface area contributed by atoms with Gasteiger partial charge < -0.3 is 24.8 Å². The number of rotatable bonds is 12. The summed E-state index contributed by atoms with van der Waals surface area (Å²) >= 11 is 0. The molecule has 0 radical (unpaired) electrons. The zero-order valence-corrected chi connectivity index (χ0v) is 22.3. The summed E-state index contributed by atoms with van der Waals surface area (Å²) < 4.78 is 26.7. The number of amides is 1. The van der Waals surface area contributed by atoms with Crippen LogP contribution < -0.4 is 10.1 Å². The molecule has 4 rings (SSSR count). The van der Waals surface area contributed by atoms with Gasteiger partial charge in [-0.05, 0) is 82.7 Å². The van der Waals surface area contributed by atoms with Crippen LogP contribution in [0.4, 0.5) is 4.39 Å². The molecule has 2 aliphatic rings. The van der Waals surface area contributed by atoms with Crippen molar-refractivity contribution in [1.82, 2.24) is 10.2 Å². The van der Waals surface area contributed by atoms with Gasteiger partial charge >= 0.3 is 0 Å². The fourth-order valence-electron chi connectivity index (χ4n) is 5.77. The number of hydrogen-bond donors (Lipinski definition) is 2. The highest BCUT2D eigenvalue weighted by atomic mass is 19.1. The van der Waals surface area contributed by atoms with Crippen molar-refractivity contribution in [3.8, 4) is 11.5 Å². The first-order chi connectivity index (χ1) is 17.9. The second-order valence-corrected chi connectivity index (χ2v) is 10.6. The van der Waals surface area contributed by atoms with Crippen LogP contribution >= 0.6 is 0 Å². The number of likely N-dealkylation sites (tertiary alicyclic amines) is 1. The van der Waals surface area contributed by atoms with Gasteiger partial charge in [0.05, 0.1) is 5.60 Å². The first-order valence-corrected chi connectivity index (χ1v) is 13.6. The molecule has 2 aromatic rings. The zero-order chi connectivity index (χ0) is 26.4. The smallest absolute Gasteiger partial charge is 0.226 e. The van der Waals surface area contributed by atoms with Gasteiger partial charge in [0, 0.05) is 44.2 Å². The average Bonchev–Trinajstić information content (AvgIpc) is 3.68. The SMILES string of the molecule is CNC[C@@H]1C[C@H]1C(=O)N1CCC[C@@H]([C@@](O)(CCCCOC)c2cccc(F)c2Oc2ccccc2C)C1. The van der Waals surface area contributed by atoms with Crippen molar-refractivity contribution in [3.05, 3.63) is 59.4 Å². The van der Waals surface area contributed by atoms with Crippen LogP contribution in [0.15, 0.2) is 42.5 Å². The lowest BCUT2D eigenvalue weighted by Gasteiger charge is -2.43. The van der Waals surface area contributed by atoms with Crippen molar-refractivity contribution in [1.29, 1.82) is 0 Å². The Morgan fingerprint density at radius 1 is 1.22 bits per heavy atom. The Kier molecular flexibility index (Phi) is 9.22. The van der Waals surface area contributed by atoms with Crippen LogP contribution in [0.3, 0.4) is 0 Å². The number of piperidine rings is 1. The lowest BCUT2D eigenvalue weighted by Crippen LogP contribution is -2.49. The minimum absolute atomic E-state index is 0.0609. The number of aryl methyl sites for hydroxylation is 1. The standard InChI is InChI=1S/C30H41FN2O4/c1-21-10-4-5-14-27(21)37-28-25(12-8-13-26(28)31)30(35,15-6-7-17-36-3)23-11-9-16-33(20-23)29(34)24-18-22(24)19-32-2/h4-5,8,10,12-14,22-24,32,35H,6-7,9,11,15-20H2,1-3H3/t22-,23+,24+,30-/m0/s1. The van der Waals surface area contributed by atoms with E-state index in [0.29, 0.717) is 49.8 Å². The number of unbranched alkanes of at least 4 members (excludes halogenated alkanes) is 1. The number of halogens is 1. The summed E-state index contributed by atoms with van der Waals surface area (Å²) in [6, 6.07) is 12.3. The van der Waals surface area contributed by atoms with Crippen molar-refractivity contribution in [2.24, 2.45) is 17.8 Å².